The number of rotatable bonds is 3. The number of hydrogen-bond donors (Lipinski definition) is 1. The van der Waals surface area contributed by atoms with E-state index in [0.717, 1.165) is 0 Å². The largest absolute Gasteiger partial charge is 0.360 e. The Labute approximate surface area is 76.9 Å². The quantitative estimate of drug-likeness (QED) is 0.688. The van der Waals surface area contributed by atoms with Crippen LogP contribution in [0.2, 0.25) is 0 Å². The average molecular weight is 196 g/mol. The highest BCUT2D eigenvalue weighted by Crippen LogP contribution is 1.96. The number of nitrogens with one attached hydrogen (secondary N) is 1. The molecule has 0 spiro atoms. The zero-order valence-corrected chi connectivity index (χ0v) is 8.29. The van der Waals surface area contributed by atoms with Gasteiger partial charge in [0.15, 0.2) is 5.11 Å². The van der Waals surface area contributed by atoms with Crippen LogP contribution in [0.25, 0.3) is 0 Å². The second kappa shape index (κ2) is 5.24. The third-order valence-electron chi connectivity index (χ3n) is 1.17. The van der Waals surface area contributed by atoms with Crippen molar-refractivity contribution in [2.45, 2.75) is 26.3 Å². The van der Waals surface area contributed by atoms with Crippen LogP contribution < -0.4 is 5.32 Å². The van der Waals surface area contributed by atoms with Crippen molar-refractivity contribution >= 4 is 17.3 Å². The SMILES string of the molecule is CC(C)NC(=S)N(C)CC(F)F. The van der Waals surface area contributed by atoms with Gasteiger partial charge in [0, 0.05) is 13.1 Å². The zero-order chi connectivity index (χ0) is 9.72. The van der Waals surface area contributed by atoms with E-state index in [1.165, 1.54) is 4.90 Å². The lowest BCUT2D eigenvalue weighted by Gasteiger charge is -2.22. The fourth-order valence-electron chi connectivity index (χ4n) is 0.647. The van der Waals surface area contributed by atoms with Gasteiger partial charge in [0.1, 0.15) is 0 Å². The highest BCUT2D eigenvalue weighted by Gasteiger charge is 2.10. The van der Waals surface area contributed by atoms with Crippen LogP contribution >= 0.6 is 12.2 Å². The van der Waals surface area contributed by atoms with Crippen LogP contribution in [-0.2, 0) is 0 Å². The summed E-state index contributed by atoms with van der Waals surface area (Å²) in [7, 11) is 1.55. The Morgan fingerprint density at radius 3 is 2.33 bits per heavy atom. The van der Waals surface area contributed by atoms with E-state index in [9.17, 15) is 8.78 Å². The third kappa shape index (κ3) is 5.23. The van der Waals surface area contributed by atoms with Crippen molar-refractivity contribution < 1.29 is 8.78 Å². The minimum atomic E-state index is -2.35. The van der Waals surface area contributed by atoms with Gasteiger partial charge in [-0.15, -0.1) is 0 Å². The first-order valence-corrected chi connectivity index (χ1v) is 4.14. The molecule has 0 aliphatic rings. The molecule has 0 radical (unpaired) electrons. The maximum Gasteiger partial charge on any atom is 0.255 e. The Kier molecular flexibility index (Phi) is 5.04. The maximum absolute atomic E-state index is 11.9. The molecular weight excluding hydrogens is 182 g/mol. The molecule has 0 aliphatic carbocycles. The standard InChI is InChI=1S/C7H14F2N2S/c1-5(2)10-7(12)11(3)4-6(8)9/h5-6H,4H2,1-3H3,(H,10,12). The molecule has 0 unspecified atom stereocenters. The molecular formula is C7H14F2N2S. The van der Waals surface area contributed by atoms with Crippen LogP contribution in [0, 0.1) is 0 Å². The summed E-state index contributed by atoms with van der Waals surface area (Å²) in [5, 5.41) is 3.24. The molecule has 0 heterocycles. The van der Waals surface area contributed by atoms with Crippen molar-refractivity contribution in [3.05, 3.63) is 0 Å². The van der Waals surface area contributed by atoms with Gasteiger partial charge < -0.3 is 10.2 Å². The van der Waals surface area contributed by atoms with Crippen molar-refractivity contribution in [1.82, 2.24) is 10.2 Å². The fraction of sp³-hybridized carbons (Fsp3) is 0.857. The molecule has 2 nitrogen and oxygen atoms in total. The van der Waals surface area contributed by atoms with Crippen molar-refractivity contribution in [1.29, 1.82) is 0 Å². The van der Waals surface area contributed by atoms with E-state index in [2.05, 4.69) is 5.32 Å². The molecule has 0 fully saturated rings. The summed E-state index contributed by atoms with van der Waals surface area (Å²) in [6, 6.07) is 0.178. The average Bonchev–Trinajstić information content (AvgIpc) is 1.84. The second-order valence-electron chi connectivity index (χ2n) is 2.88. The summed E-state index contributed by atoms with van der Waals surface area (Å²) in [6.07, 6.45) is -2.35. The Balaban J connectivity index is 3.77. The zero-order valence-electron chi connectivity index (χ0n) is 7.47. The van der Waals surface area contributed by atoms with E-state index >= 15 is 0 Å². The van der Waals surface area contributed by atoms with E-state index in [1.54, 1.807) is 7.05 Å². The van der Waals surface area contributed by atoms with Gasteiger partial charge in [-0.1, -0.05) is 0 Å². The van der Waals surface area contributed by atoms with Gasteiger partial charge in [-0.05, 0) is 26.1 Å². The molecule has 0 aliphatic heterocycles. The Morgan fingerprint density at radius 1 is 1.50 bits per heavy atom. The lowest BCUT2D eigenvalue weighted by molar-refractivity contribution is 0.123. The fourth-order valence-corrected chi connectivity index (χ4v) is 0.957. The van der Waals surface area contributed by atoms with E-state index in [0.29, 0.717) is 5.11 Å². The summed E-state index contributed by atoms with van der Waals surface area (Å²) in [5.41, 5.74) is 0. The van der Waals surface area contributed by atoms with Crippen LogP contribution in [0.15, 0.2) is 0 Å². The Bertz CT molecular complexity index is 150. The minimum Gasteiger partial charge on any atom is -0.360 e. The number of hydrogen-bond acceptors (Lipinski definition) is 1. The molecule has 0 amide bonds. The normalized spacial score (nSPS) is 10.6. The number of nitrogens with zero attached hydrogens (tertiary/aromatic N) is 1. The summed E-state index contributed by atoms with van der Waals surface area (Å²) in [4.78, 5) is 1.33. The highest BCUT2D eigenvalue weighted by molar-refractivity contribution is 7.80. The smallest absolute Gasteiger partial charge is 0.255 e. The van der Waals surface area contributed by atoms with Gasteiger partial charge in [-0.25, -0.2) is 8.78 Å². The number of thiocarbonyl (C=S) groups is 1. The summed E-state index contributed by atoms with van der Waals surface area (Å²) in [5.74, 6) is 0. The predicted molar refractivity (Wildman–Crippen MR) is 49.5 cm³/mol. The Hall–Kier alpha value is -0.450. The molecule has 1 N–H and O–H groups in total. The van der Waals surface area contributed by atoms with E-state index < -0.39 is 6.43 Å². The molecule has 0 rings (SSSR count). The monoisotopic (exact) mass is 196 g/mol. The highest BCUT2D eigenvalue weighted by atomic mass is 32.1. The van der Waals surface area contributed by atoms with Crippen LogP contribution in [0.5, 0.6) is 0 Å². The van der Waals surface area contributed by atoms with Gasteiger partial charge in [-0.3, -0.25) is 0 Å². The molecule has 0 bridgehead atoms. The van der Waals surface area contributed by atoms with Crippen molar-refractivity contribution in [3.8, 4) is 0 Å². The van der Waals surface area contributed by atoms with Gasteiger partial charge >= 0.3 is 0 Å². The van der Waals surface area contributed by atoms with Crippen molar-refractivity contribution in [3.63, 3.8) is 0 Å². The van der Waals surface area contributed by atoms with E-state index in [-0.39, 0.29) is 12.6 Å². The summed E-state index contributed by atoms with van der Waals surface area (Å²) in [6.45, 7) is 3.49. The molecule has 5 heteroatoms. The van der Waals surface area contributed by atoms with Gasteiger partial charge in [0.2, 0.25) is 0 Å². The first kappa shape index (κ1) is 11.6. The molecule has 0 atom stereocenters. The summed E-state index contributed by atoms with van der Waals surface area (Å²) >= 11 is 4.85. The number of halogens is 2. The molecule has 0 saturated carbocycles. The van der Waals surface area contributed by atoms with Crippen LogP contribution in [0.4, 0.5) is 8.78 Å². The number of alkyl halides is 2. The lowest BCUT2D eigenvalue weighted by atomic mass is 10.4. The molecule has 0 aromatic rings. The molecule has 12 heavy (non-hydrogen) atoms. The van der Waals surface area contributed by atoms with Crippen molar-refractivity contribution in [2.75, 3.05) is 13.6 Å². The molecule has 0 saturated heterocycles. The van der Waals surface area contributed by atoms with Gasteiger partial charge in [-0.2, -0.15) is 0 Å². The maximum atomic E-state index is 11.9. The van der Waals surface area contributed by atoms with Crippen LogP contribution in [0.1, 0.15) is 13.8 Å². The van der Waals surface area contributed by atoms with E-state index in [1.807, 2.05) is 13.8 Å². The topological polar surface area (TPSA) is 15.3 Å². The third-order valence-corrected chi connectivity index (χ3v) is 1.60. The van der Waals surface area contributed by atoms with Gasteiger partial charge in [0.25, 0.3) is 6.43 Å². The molecule has 72 valence electrons. The first-order chi connectivity index (χ1) is 5.43. The summed E-state index contributed by atoms with van der Waals surface area (Å²) < 4.78 is 23.7. The lowest BCUT2D eigenvalue weighted by Crippen LogP contribution is -2.42. The van der Waals surface area contributed by atoms with Crippen LogP contribution in [-0.4, -0.2) is 36.1 Å². The molecule has 0 aromatic carbocycles. The molecule has 0 aromatic heterocycles. The van der Waals surface area contributed by atoms with Crippen LogP contribution in [0.3, 0.4) is 0 Å². The predicted octanol–water partition coefficient (Wildman–Crippen LogP) is 1.47. The minimum absolute atomic E-state index is 0.178. The second-order valence-corrected chi connectivity index (χ2v) is 3.26. The Morgan fingerprint density at radius 2 is 2.00 bits per heavy atom. The van der Waals surface area contributed by atoms with E-state index in [4.69, 9.17) is 12.2 Å². The van der Waals surface area contributed by atoms with Crippen molar-refractivity contribution in [2.24, 2.45) is 0 Å². The van der Waals surface area contributed by atoms with Gasteiger partial charge in [0.05, 0.1) is 6.54 Å². The first-order valence-electron chi connectivity index (χ1n) is 3.73.